The largest absolute Gasteiger partial charge is 0.337 e. The Kier molecular flexibility index (Phi) is 4.12. The summed E-state index contributed by atoms with van der Waals surface area (Å²) in [5.74, 6) is 0.578. The number of carbonyl (C=O) groups excluding carboxylic acids is 2. The van der Waals surface area contributed by atoms with Gasteiger partial charge in [-0.3, -0.25) is 4.79 Å². The van der Waals surface area contributed by atoms with Crippen molar-refractivity contribution in [1.82, 2.24) is 5.32 Å². The van der Waals surface area contributed by atoms with Gasteiger partial charge in [-0.2, -0.15) is 0 Å². The van der Waals surface area contributed by atoms with Gasteiger partial charge in [0.2, 0.25) is 0 Å². The third kappa shape index (κ3) is 3.38. The van der Waals surface area contributed by atoms with Crippen molar-refractivity contribution in [2.75, 3.05) is 11.9 Å². The number of benzene rings is 1. The number of urea groups is 1. The fraction of sp³-hybridized carbons (Fsp3) is 0.500. The van der Waals surface area contributed by atoms with E-state index in [4.69, 9.17) is 0 Å². The number of hydrogen-bond donors (Lipinski definition) is 2. The number of nitrogens with one attached hydrogen (secondary N) is 2. The zero-order valence-corrected chi connectivity index (χ0v) is 12.3. The van der Waals surface area contributed by atoms with Gasteiger partial charge in [0.1, 0.15) is 0 Å². The lowest BCUT2D eigenvalue weighted by Gasteiger charge is -2.20. The normalized spacial score (nSPS) is 15.8. The molecule has 2 amide bonds. The summed E-state index contributed by atoms with van der Waals surface area (Å²) in [7, 11) is 0. The molecule has 1 aromatic carbocycles. The van der Waals surface area contributed by atoms with Crippen LogP contribution in [0.4, 0.5) is 10.5 Å². The summed E-state index contributed by atoms with van der Waals surface area (Å²) >= 11 is 0. The molecule has 1 aromatic rings. The highest BCUT2D eigenvalue weighted by atomic mass is 16.2. The summed E-state index contributed by atoms with van der Waals surface area (Å²) in [4.78, 5) is 23.2. The van der Waals surface area contributed by atoms with Crippen molar-refractivity contribution in [3.8, 4) is 0 Å². The van der Waals surface area contributed by atoms with Crippen LogP contribution in [0.1, 0.15) is 44.0 Å². The lowest BCUT2D eigenvalue weighted by molar-refractivity contribution is 0.101. The Balaban J connectivity index is 1.89. The molecule has 1 aliphatic carbocycles. The Morgan fingerprint density at radius 3 is 2.55 bits per heavy atom. The van der Waals surface area contributed by atoms with Crippen molar-refractivity contribution >= 4 is 17.5 Å². The summed E-state index contributed by atoms with van der Waals surface area (Å²) in [6.07, 6.45) is 2.37. The second kappa shape index (κ2) is 5.65. The average Bonchev–Trinajstić information content (AvgIpc) is 3.18. The molecule has 0 aromatic heterocycles. The van der Waals surface area contributed by atoms with Crippen LogP contribution in [0.2, 0.25) is 0 Å². The summed E-state index contributed by atoms with van der Waals surface area (Å²) in [5.41, 5.74) is 1.53. The minimum atomic E-state index is -0.211. The Labute approximate surface area is 119 Å². The fourth-order valence-electron chi connectivity index (χ4n) is 2.37. The monoisotopic (exact) mass is 274 g/mol. The van der Waals surface area contributed by atoms with Gasteiger partial charge < -0.3 is 10.6 Å². The highest BCUT2D eigenvalue weighted by Gasteiger charge is 2.45. The maximum Gasteiger partial charge on any atom is 0.319 e. The van der Waals surface area contributed by atoms with Crippen molar-refractivity contribution in [2.45, 2.75) is 33.6 Å². The van der Waals surface area contributed by atoms with Crippen molar-refractivity contribution < 1.29 is 9.59 Å². The van der Waals surface area contributed by atoms with Crippen LogP contribution in [0.5, 0.6) is 0 Å². The summed E-state index contributed by atoms with van der Waals surface area (Å²) in [6, 6.07) is 6.77. The molecule has 0 atom stereocenters. The molecular formula is C16H22N2O2. The number of Topliss-reactive ketones (excluding diaryl/α,β-unsaturated/α-hetero) is 1. The number of hydrogen-bond acceptors (Lipinski definition) is 2. The van der Waals surface area contributed by atoms with Gasteiger partial charge in [0.05, 0.1) is 0 Å². The topological polar surface area (TPSA) is 58.2 Å². The summed E-state index contributed by atoms with van der Waals surface area (Å²) in [5, 5.41) is 5.70. The van der Waals surface area contributed by atoms with Gasteiger partial charge in [-0.15, -0.1) is 0 Å². The Morgan fingerprint density at radius 1 is 1.30 bits per heavy atom. The van der Waals surface area contributed by atoms with Crippen LogP contribution in [-0.4, -0.2) is 18.4 Å². The van der Waals surface area contributed by atoms with Gasteiger partial charge >= 0.3 is 6.03 Å². The second-order valence-electron chi connectivity index (χ2n) is 5.96. The van der Waals surface area contributed by atoms with Crippen molar-refractivity contribution in [2.24, 2.45) is 11.3 Å². The van der Waals surface area contributed by atoms with Crippen LogP contribution < -0.4 is 10.6 Å². The average molecular weight is 274 g/mol. The Morgan fingerprint density at radius 2 is 2.00 bits per heavy atom. The predicted molar refractivity (Wildman–Crippen MR) is 80.0 cm³/mol. The number of anilines is 1. The molecule has 0 saturated heterocycles. The first-order chi connectivity index (χ1) is 9.43. The van der Waals surface area contributed by atoms with Gasteiger partial charge in [0.25, 0.3) is 0 Å². The van der Waals surface area contributed by atoms with Crippen LogP contribution in [0, 0.1) is 11.3 Å². The SMILES string of the molecule is CC(=O)c1cccc(NC(=O)NCC2(C(C)C)CC2)c1. The molecule has 0 aliphatic heterocycles. The van der Waals surface area contributed by atoms with E-state index in [-0.39, 0.29) is 11.8 Å². The molecule has 0 bridgehead atoms. The fourth-order valence-corrected chi connectivity index (χ4v) is 2.37. The quantitative estimate of drug-likeness (QED) is 0.808. The van der Waals surface area contributed by atoms with E-state index in [1.165, 1.54) is 19.8 Å². The Hall–Kier alpha value is -1.84. The van der Waals surface area contributed by atoms with E-state index in [2.05, 4.69) is 24.5 Å². The zero-order valence-electron chi connectivity index (χ0n) is 12.3. The van der Waals surface area contributed by atoms with Crippen LogP contribution >= 0.6 is 0 Å². The molecule has 4 heteroatoms. The third-order valence-electron chi connectivity index (χ3n) is 4.24. The molecule has 0 spiro atoms. The number of amides is 2. The Bertz CT molecular complexity index is 519. The van der Waals surface area contributed by atoms with E-state index in [1.807, 2.05) is 0 Å². The number of carbonyl (C=O) groups is 2. The number of ketones is 1. The number of rotatable bonds is 5. The first kappa shape index (κ1) is 14.6. The van der Waals surface area contributed by atoms with Crippen LogP contribution in [0.15, 0.2) is 24.3 Å². The van der Waals surface area contributed by atoms with Crippen molar-refractivity contribution in [3.05, 3.63) is 29.8 Å². The first-order valence-corrected chi connectivity index (χ1v) is 7.09. The molecule has 2 N–H and O–H groups in total. The molecule has 1 saturated carbocycles. The summed E-state index contributed by atoms with van der Waals surface area (Å²) in [6.45, 7) is 6.62. The molecule has 1 fully saturated rings. The highest BCUT2D eigenvalue weighted by molar-refractivity contribution is 5.96. The maximum absolute atomic E-state index is 11.9. The van der Waals surface area contributed by atoms with E-state index in [9.17, 15) is 9.59 Å². The maximum atomic E-state index is 11.9. The minimum Gasteiger partial charge on any atom is -0.337 e. The van der Waals surface area contributed by atoms with Gasteiger partial charge in [-0.1, -0.05) is 26.0 Å². The van der Waals surface area contributed by atoms with Crippen LogP contribution in [0.3, 0.4) is 0 Å². The smallest absolute Gasteiger partial charge is 0.319 e. The second-order valence-corrected chi connectivity index (χ2v) is 5.96. The molecular weight excluding hydrogens is 252 g/mol. The molecule has 0 unspecified atom stereocenters. The van der Waals surface area contributed by atoms with Crippen molar-refractivity contribution in [1.29, 1.82) is 0 Å². The van der Waals surface area contributed by atoms with Gasteiger partial charge in [-0.05, 0) is 43.2 Å². The van der Waals surface area contributed by atoms with Crippen molar-refractivity contribution in [3.63, 3.8) is 0 Å². The van der Waals surface area contributed by atoms with Crippen LogP contribution in [0.25, 0.3) is 0 Å². The molecule has 20 heavy (non-hydrogen) atoms. The van der Waals surface area contributed by atoms with E-state index in [0.29, 0.717) is 29.1 Å². The van der Waals surface area contributed by atoms with Gasteiger partial charge in [0, 0.05) is 17.8 Å². The van der Waals surface area contributed by atoms with Crippen LogP contribution in [-0.2, 0) is 0 Å². The minimum absolute atomic E-state index is 0.00852. The predicted octanol–water partition coefficient (Wildman–Crippen LogP) is 3.45. The molecule has 108 valence electrons. The lowest BCUT2D eigenvalue weighted by Crippen LogP contribution is -2.35. The van der Waals surface area contributed by atoms with E-state index < -0.39 is 0 Å². The first-order valence-electron chi connectivity index (χ1n) is 7.09. The highest BCUT2D eigenvalue weighted by Crippen LogP contribution is 2.51. The molecule has 0 heterocycles. The third-order valence-corrected chi connectivity index (χ3v) is 4.24. The molecule has 4 nitrogen and oxygen atoms in total. The van der Waals surface area contributed by atoms with E-state index in [1.54, 1.807) is 24.3 Å². The summed E-state index contributed by atoms with van der Waals surface area (Å²) < 4.78 is 0. The molecule has 1 aliphatic rings. The molecule has 2 rings (SSSR count). The van der Waals surface area contributed by atoms with Gasteiger partial charge in [0.15, 0.2) is 5.78 Å². The standard InChI is InChI=1S/C16H22N2O2/c1-11(2)16(7-8-16)10-17-15(20)18-14-6-4-5-13(9-14)12(3)19/h4-6,9,11H,7-8,10H2,1-3H3,(H2,17,18,20). The van der Waals surface area contributed by atoms with E-state index in [0.717, 1.165) is 0 Å². The van der Waals surface area contributed by atoms with E-state index >= 15 is 0 Å². The zero-order chi connectivity index (χ0) is 14.8. The van der Waals surface area contributed by atoms with Gasteiger partial charge in [-0.25, -0.2) is 4.79 Å². The lowest BCUT2D eigenvalue weighted by atomic mass is 9.92. The molecule has 0 radical (unpaired) electrons.